The quantitative estimate of drug-likeness (QED) is 0.449. The lowest BCUT2D eigenvalue weighted by molar-refractivity contribution is 0.0180. The molecule has 1 aliphatic rings. The van der Waals surface area contributed by atoms with Crippen molar-refractivity contribution in [3.63, 3.8) is 0 Å². The summed E-state index contributed by atoms with van der Waals surface area (Å²) in [4.78, 5) is 6.47. The molecule has 112 valence electrons. The largest absolute Gasteiger partial charge is 0.379 e. The molecule has 0 aromatic heterocycles. The Hall–Kier alpha value is -0.570. The highest BCUT2D eigenvalue weighted by atomic mass is 127. The normalized spacial score (nSPS) is 17.1. The maximum absolute atomic E-state index is 6.06. The lowest BCUT2D eigenvalue weighted by Gasteiger charge is -2.34. The van der Waals surface area contributed by atoms with E-state index in [1.165, 1.54) is 0 Å². The van der Waals surface area contributed by atoms with Gasteiger partial charge in [-0.15, -0.1) is 24.0 Å². The van der Waals surface area contributed by atoms with Crippen molar-refractivity contribution in [2.75, 3.05) is 32.8 Å². The molecule has 0 spiro atoms. The molecule has 0 saturated carbocycles. The number of rotatable bonds is 4. The summed E-state index contributed by atoms with van der Waals surface area (Å²) in [6, 6.07) is 7.95. The molecule has 0 amide bonds. The Morgan fingerprint density at radius 3 is 2.65 bits per heavy atom. The lowest BCUT2D eigenvalue weighted by Crippen LogP contribution is -2.40. The van der Waals surface area contributed by atoms with Crippen LogP contribution in [0.2, 0.25) is 5.02 Å². The first-order chi connectivity index (χ1) is 9.16. The van der Waals surface area contributed by atoms with Gasteiger partial charge < -0.3 is 16.2 Å². The van der Waals surface area contributed by atoms with Crippen molar-refractivity contribution >= 4 is 41.5 Å². The summed E-state index contributed by atoms with van der Waals surface area (Å²) in [6.07, 6.45) is 0. The highest BCUT2D eigenvalue weighted by molar-refractivity contribution is 14.0. The van der Waals surface area contributed by atoms with Crippen LogP contribution in [0.25, 0.3) is 0 Å². The van der Waals surface area contributed by atoms with Crippen molar-refractivity contribution in [3.8, 4) is 0 Å². The summed E-state index contributed by atoms with van der Waals surface area (Å²) < 4.78 is 5.38. The van der Waals surface area contributed by atoms with Crippen LogP contribution >= 0.6 is 35.6 Å². The SMILES string of the molecule is I.NC(N)=NCC(c1cccc(Cl)c1)N1CCOCC1. The topological polar surface area (TPSA) is 76.9 Å². The van der Waals surface area contributed by atoms with E-state index in [0.717, 1.165) is 36.9 Å². The first kappa shape index (κ1) is 17.5. The van der Waals surface area contributed by atoms with Crippen LogP contribution in [0.1, 0.15) is 11.6 Å². The summed E-state index contributed by atoms with van der Waals surface area (Å²) in [5, 5.41) is 0.723. The summed E-state index contributed by atoms with van der Waals surface area (Å²) in [7, 11) is 0. The summed E-state index contributed by atoms with van der Waals surface area (Å²) in [5.74, 6) is 0.111. The maximum Gasteiger partial charge on any atom is 0.185 e. The van der Waals surface area contributed by atoms with Crippen molar-refractivity contribution in [2.24, 2.45) is 16.5 Å². The molecular weight excluding hydrogens is 391 g/mol. The Morgan fingerprint density at radius 1 is 1.35 bits per heavy atom. The van der Waals surface area contributed by atoms with Crippen LogP contribution in [0, 0.1) is 0 Å². The van der Waals surface area contributed by atoms with Crippen molar-refractivity contribution in [1.82, 2.24) is 4.90 Å². The third-order valence-electron chi connectivity index (χ3n) is 3.17. The first-order valence-corrected chi connectivity index (χ1v) is 6.67. The third kappa shape index (κ3) is 5.08. The zero-order valence-electron chi connectivity index (χ0n) is 11.2. The van der Waals surface area contributed by atoms with E-state index in [1.54, 1.807) is 0 Å². The number of nitrogens with two attached hydrogens (primary N) is 2. The summed E-state index contributed by atoms with van der Waals surface area (Å²) in [6.45, 7) is 3.74. The monoisotopic (exact) mass is 410 g/mol. The van der Waals surface area contributed by atoms with Gasteiger partial charge in [0.15, 0.2) is 5.96 Å². The molecule has 1 saturated heterocycles. The van der Waals surface area contributed by atoms with Gasteiger partial charge in [0.05, 0.1) is 25.8 Å². The highest BCUT2D eigenvalue weighted by Gasteiger charge is 2.22. The Balaban J connectivity index is 0.00000200. The van der Waals surface area contributed by atoms with E-state index >= 15 is 0 Å². The van der Waals surface area contributed by atoms with Crippen molar-refractivity contribution < 1.29 is 4.74 Å². The lowest BCUT2D eigenvalue weighted by atomic mass is 10.0. The summed E-state index contributed by atoms with van der Waals surface area (Å²) in [5.41, 5.74) is 12.0. The molecule has 1 aliphatic heterocycles. The zero-order valence-corrected chi connectivity index (χ0v) is 14.3. The smallest absolute Gasteiger partial charge is 0.185 e. The molecule has 1 fully saturated rings. The molecule has 1 aromatic rings. The van der Waals surface area contributed by atoms with Gasteiger partial charge in [0.2, 0.25) is 0 Å². The van der Waals surface area contributed by atoms with E-state index < -0.39 is 0 Å². The number of benzene rings is 1. The van der Waals surface area contributed by atoms with E-state index in [9.17, 15) is 0 Å². The minimum atomic E-state index is 0. The number of halogens is 2. The third-order valence-corrected chi connectivity index (χ3v) is 3.40. The number of hydrogen-bond acceptors (Lipinski definition) is 3. The zero-order chi connectivity index (χ0) is 13.7. The van der Waals surface area contributed by atoms with Gasteiger partial charge in [-0.3, -0.25) is 9.89 Å². The van der Waals surface area contributed by atoms with Gasteiger partial charge in [-0.2, -0.15) is 0 Å². The van der Waals surface area contributed by atoms with Crippen LogP contribution in [-0.2, 0) is 4.74 Å². The average Bonchev–Trinajstić information content (AvgIpc) is 2.40. The minimum Gasteiger partial charge on any atom is -0.379 e. The van der Waals surface area contributed by atoms with Gasteiger partial charge in [0.1, 0.15) is 0 Å². The molecule has 4 N–H and O–H groups in total. The predicted molar refractivity (Wildman–Crippen MR) is 92.7 cm³/mol. The molecule has 0 aliphatic carbocycles. The van der Waals surface area contributed by atoms with E-state index in [4.69, 9.17) is 27.8 Å². The van der Waals surface area contributed by atoms with Gasteiger partial charge in [0, 0.05) is 18.1 Å². The van der Waals surface area contributed by atoms with Crippen LogP contribution in [0.3, 0.4) is 0 Å². The van der Waals surface area contributed by atoms with E-state index in [2.05, 4.69) is 9.89 Å². The Labute approximate surface area is 141 Å². The van der Waals surface area contributed by atoms with Crippen LogP contribution in [0.5, 0.6) is 0 Å². The Bertz CT molecular complexity index is 448. The maximum atomic E-state index is 6.06. The molecular formula is C13H20ClIN4O. The number of ether oxygens (including phenoxy) is 1. The van der Waals surface area contributed by atoms with Crippen molar-refractivity contribution in [3.05, 3.63) is 34.9 Å². The molecule has 1 unspecified atom stereocenters. The van der Waals surface area contributed by atoms with E-state index in [1.807, 2.05) is 24.3 Å². The molecule has 20 heavy (non-hydrogen) atoms. The first-order valence-electron chi connectivity index (χ1n) is 6.29. The Morgan fingerprint density at radius 2 is 2.05 bits per heavy atom. The fourth-order valence-corrected chi connectivity index (χ4v) is 2.43. The molecule has 0 bridgehead atoms. The average molecular weight is 411 g/mol. The van der Waals surface area contributed by atoms with Crippen LogP contribution in [0.4, 0.5) is 0 Å². The Kier molecular flexibility index (Phi) is 7.57. The number of aliphatic imine (C=N–C) groups is 1. The molecule has 0 radical (unpaired) electrons. The van der Waals surface area contributed by atoms with Gasteiger partial charge in [0.25, 0.3) is 0 Å². The van der Waals surface area contributed by atoms with Gasteiger partial charge in [-0.25, -0.2) is 0 Å². The van der Waals surface area contributed by atoms with Gasteiger partial charge >= 0.3 is 0 Å². The second-order valence-corrected chi connectivity index (χ2v) is 4.92. The van der Waals surface area contributed by atoms with Gasteiger partial charge in [-0.05, 0) is 17.7 Å². The van der Waals surface area contributed by atoms with E-state index in [0.29, 0.717) is 6.54 Å². The second kappa shape index (κ2) is 8.66. The fraction of sp³-hybridized carbons (Fsp3) is 0.462. The molecule has 1 aromatic carbocycles. The molecule has 2 rings (SSSR count). The minimum absolute atomic E-state index is 0. The van der Waals surface area contributed by atoms with E-state index in [-0.39, 0.29) is 36.0 Å². The van der Waals surface area contributed by atoms with Crippen molar-refractivity contribution in [2.45, 2.75) is 6.04 Å². The van der Waals surface area contributed by atoms with Crippen LogP contribution in [-0.4, -0.2) is 43.7 Å². The second-order valence-electron chi connectivity index (χ2n) is 4.48. The predicted octanol–water partition coefficient (Wildman–Crippen LogP) is 1.60. The van der Waals surface area contributed by atoms with Gasteiger partial charge in [-0.1, -0.05) is 23.7 Å². The fourth-order valence-electron chi connectivity index (χ4n) is 2.23. The highest BCUT2D eigenvalue weighted by Crippen LogP contribution is 2.24. The molecule has 1 atom stereocenters. The summed E-state index contributed by atoms with van der Waals surface area (Å²) >= 11 is 6.06. The molecule has 1 heterocycles. The van der Waals surface area contributed by atoms with Crippen LogP contribution in [0.15, 0.2) is 29.3 Å². The standard InChI is InChI=1S/C13H19ClN4O.HI/c14-11-3-1-2-10(8-11)12(9-17-13(15)16)18-4-6-19-7-5-18;/h1-3,8,12H,4-7,9H2,(H4,15,16,17);1H. The van der Waals surface area contributed by atoms with Crippen LogP contribution < -0.4 is 11.5 Å². The number of guanidine groups is 1. The molecule has 7 heteroatoms. The number of morpholine rings is 1. The molecule has 5 nitrogen and oxygen atoms in total. The van der Waals surface area contributed by atoms with Crippen molar-refractivity contribution in [1.29, 1.82) is 0 Å². The number of hydrogen-bond donors (Lipinski definition) is 2. The number of nitrogens with zero attached hydrogens (tertiary/aromatic N) is 2.